The molecule has 3 heteroatoms. The SMILES string of the molecule is CC(CCCCl)N=C=O. The molecule has 1 unspecified atom stereocenters. The van der Waals surface area contributed by atoms with Crippen molar-refractivity contribution in [2.75, 3.05) is 5.88 Å². The van der Waals surface area contributed by atoms with Crippen LogP contribution in [0.5, 0.6) is 0 Å². The number of nitrogens with zero attached hydrogens (tertiary/aromatic N) is 1. The van der Waals surface area contributed by atoms with Crippen LogP contribution in [0.1, 0.15) is 19.8 Å². The van der Waals surface area contributed by atoms with Gasteiger partial charge in [-0.15, -0.1) is 11.6 Å². The highest BCUT2D eigenvalue weighted by molar-refractivity contribution is 6.17. The summed E-state index contributed by atoms with van der Waals surface area (Å²) in [5, 5.41) is 0. The van der Waals surface area contributed by atoms with Crippen molar-refractivity contribution in [3.63, 3.8) is 0 Å². The first kappa shape index (κ1) is 8.67. The van der Waals surface area contributed by atoms with E-state index in [-0.39, 0.29) is 6.04 Å². The van der Waals surface area contributed by atoms with Crippen molar-refractivity contribution in [1.29, 1.82) is 0 Å². The maximum Gasteiger partial charge on any atom is 0.235 e. The summed E-state index contributed by atoms with van der Waals surface area (Å²) in [6.07, 6.45) is 3.29. The normalized spacial score (nSPS) is 12.2. The topological polar surface area (TPSA) is 29.4 Å². The molecule has 0 bridgehead atoms. The minimum atomic E-state index is 0.0845. The molecule has 0 amide bonds. The number of aliphatic imine (C=N–C) groups is 1. The van der Waals surface area contributed by atoms with Crippen LogP contribution in [0.2, 0.25) is 0 Å². The lowest BCUT2D eigenvalue weighted by atomic mass is 10.2. The van der Waals surface area contributed by atoms with Gasteiger partial charge in [-0.3, -0.25) is 0 Å². The van der Waals surface area contributed by atoms with E-state index in [1.165, 1.54) is 6.08 Å². The molecule has 0 spiro atoms. The zero-order valence-electron chi connectivity index (χ0n) is 5.43. The van der Waals surface area contributed by atoms with Crippen LogP contribution in [-0.4, -0.2) is 18.0 Å². The Hall–Kier alpha value is -0.330. The summed E-state index contributed by atoms with van der Waals surface area (Å²) >= 11 is 5.41. The van der Waals surface area contributed by atoms with Crippen molar-refractivity contribution in [2.24, 2.45) is 4.99 Å². The van der Waals surface area contributed by atoms with Gasteiger partial charge in [-0.05, 0) is 19.8 Å². The lowest BCUT2D eigenvalue weighted by molar-refractivity contribution is 0.554. The molecule has 2 nitrogen and oxygen atoms in total. The van der Waals surface area contributed by atoms with Crippen LogP contribution >= 0.6 is 11.6 Å². The van der Waals surface area contributed by atoms with E-state index in [0.29, 0.717) is 5.88 Å². The molecule has 0 saturated carbocycles. The van der Waals surface area contributed by atoms with E-state index < -0.39 is 0 Å². The molecule has 0 rings (SSSR count). The van der Waals surface area contributed by atoms with Crippen LogP contribution in [0, 0.1) is 0 Å². The molecule has 0 fully saturated rings. The molecule has 0 aromatic rings. The monoisotopic (exact) mass is 147 g/mol. The molecule has 0 aromatic heterocycles. The molecular formula is C6H10ClNO. The van der Waals surface area contributed by atoms with Crippen LogP contribution in [0.25, 0.3) is 0 Å². The fraction of sp³-hybridized carbons (Fsp3) is 0.833. The summed E-state index contributed by atoms with van der Waals surface area (Å²) in [4.78, 5) is 13.2. The largest absolute Gasteiger partial charge is 0.235 e. The number of hydrogen-bond donors (Lipinski definition) is 0. The highest BCUT2D eigenvalue weighted by Crippen LogP contribution is 2.00. The van der Waals surface area contributed by atoms with Gasteiger partial charge in [-0.1, -0.05) is 0 Å². The Kier molecular flexibility index (Phi) is 5.59. The fourth-order valence-electron chi connectivity index (χ4n) is 0.527. The summed E-state index contributed by atoms with van der Waals surface area (Å²) < 4.78 is 0. The standard InChI is InChI=1S/C6H10ClNO/c1-6(8-5-9)3-2-4-7/h6H,2-4H2,1H3. The molecule has 0 aromatic carbocycles. The van der Waals surface area contributed by atoms with Gasteiger partial charge in [-0.25, -0.2) is 9.79 Å². The molecule has 0 radical (unpaired) electrons. The molecule has 52 valence electrons. The molecule has 9 heavy (non-hydrogen) atoms. The smallest absolute Gasteiger partial charge is 0.211 e. The number of alkyl halides is 1. The third kappa shape index (κ3) is 5.54. The van der Waals surface area contributed by atoms with Gasteiger partial charge in [0.15, 0.2) is 0 Å². The van der Waals surface area contributed by atoms with E-state index in [1.807, 2.05) is 6.92 Å². The molecule has 0 aliphatic carbocycles. The summed E-state index contributed by atoms with van der Waals surface area (Å²) in [6.45, 7) is 1.87. The number of hydrogen-bond acceptors (Lipinski definition) is 2. The van der Waals surface area contributed by atoms with E-state index in [1.54, 1.807) is 0 Å². The summed E-state index contributed by atoms with van der Waals surface area (Å²) in [5.41, 5.74) is 0. The van der Waals surface area contributed by atoms with Crippen LogP contribution in [0.4, 0.5) is 0 Å². The van der Waals surface area contributed by atoms with Crippen LogP contribution < -0.4 is 0 Å². The molecular weight excluding hydrogens is 138 g/mol. The van der Waals surface area contributed by atoms with E-state index in [2.05, 4.69) is 4.99 Å². The van der Waals surface area contributed by atoms with E-state index >= 15 is 0 Å². The van der Waals surface area contributed by atoms with Crippen LogP contribution in [0.15, 0.2) is 4.99 Å². The number of rotatable bonds is 4. The predicted molar refractivity (Wildman–Crippen MR) is 37.5 cm³/mol. The van der Waals surface area contributed by atoms with Crippen LogP contribution in [0.3, 0.4) is 0 Å². The molecule has 0 aliphatic rings. The molecule has 0 saturated heterocycles. The van der Waals surface area contributed by atoms with Gasteiger partial charge >= 0.3 is 0 Å². The first-order valence-corrected chi connectivity index (χ1v) is 3.47. The second-order valence-electron chi connectivity index (χ2n) is 1.90. The lowest BCUT2D eigenvalue weighted by Crippen LogP contribution is -1.96. The minimum Gasteiger partial charge on any atom is -0.211 e. The maximum absolute atomic E-state index is 9.65. The van der Waals surface area contributed by atoms with Crippen molar-refractivity contribution in [3.05, 3.63) is 0 Å². The van der Waals surface area contributed by atoms with E-state index in [0.717, 1.165) is 12.8 Å². The van der Waals surface area contributed by atoms with Crippen molar-refractivity contribution >= 4 is 17.7 Å². The Labute approximate surface area is 59.9 Å². The van der Waals surface area contributed by atoms with Crippen molar-refractivity contribution in [3.8, 4) is 0 Å². The van der Waals surface area contributed by atoms with Gasteiger partial charge in [-0.2, -0.15) is 0 Å². The van der Waals surface area contributed by atoms with Gasteiger partial charge in [0, 0.05) is 5.88 Å². The summed E-state index contributed by atoms with van der Waals surface area (Å²) in [7, 11) is 0. The summed E-state index contributed by atoms with van der Waals surface area (Å²) in [6, 6.07) is 0.0845. The maximum atomic E-state index is 9.65. The second-order valence-corrected chi connectivity index (χ2v) is 2.28. The molecule has 0 N–H and O–H groups in total. The highest BCUT2D eigenvalue weighted by atomic mass is 35.5. The quantitative estimate of drug-likeness (QED) is 0.338. The van der Waals surface area contributed by atoms with Gasteiger partial charge < -0.3 is 0 Å². The molecule has 1 atom stereocenters. The molecule has 0 aliphatic heterocycles. The van der Waals surface area contributed by atoms with Crippen molar-refractivity contribution < 1.29 is 4.79 Å². The highest BCUT2D eigenvalue weighted by Gasteiger charge is 1.95. The fourth-order valence-corrected chi connectivity index (χ4v) is 0.681. The average molecular weight is 148 g/mol. The average Bonchev–Trinajstić information content (AvgIpc) is 1.85. The van der Waals surface area contributed by atoms with Crippen molar-refractivity contribution in [1.82, 2.24) is 0 Å². The Balaban J connectivity index is 3.26. The first-order chi connectivity index (χ1) is 4.31. The number of halogens is 1. The first-order valence-electron chi connectivity index (χ1n) is 2.94. The van der Waals surface area contributed by atoms with Gasteiger partial charge in [0.2, 0.25) is 6.08 Å². The third-order valence-electron chi connectivity index (χ3n) is 1.03. The van der Waals surface area contributed by atoms with E-state index in [9.17, 15) is 4.79 Å². The zero-order chi connectivity index (χ0) is 7.11. The Morgan fingerprint density at radius 2 is 2.44 bits per heavy atom. The second kappa shape index (κ2) is 5.80. The third-order valence-corrected chi connectivity index (χ3v) is 1.30. The Morgan fingerprint density at radius 1 is 1.78 bits per heavy atom. The minimum absolute atomic E-state index is 0.0845. The van der Waals surface area contributed by atoms with Gasteiger partial charge in [0.25, 0.3) is 0 Å². The predicted octanol–water partition coefficient (Wildman–Crippen LogP) is 1.73. The number of isocyanates is 1. The lowest BCUT2D eigenvalue weighted by Gasteiger charge is -1.98. The molecule has 0 heterocycles. The van der Waals surface area contributed by atoms with Gasteiger partial charge in [0.05, 0.1) is 6.04 Å². The Bertz CT molecular complexity index is 110. The Morgan fingerprint density at radius 3 is 2.89 bits per heavy atom. The van der Waals surface area contributed by atoms with Crippen molar-refractivity contribution in [2.45, 2.75) is 25.8 Å². The summed E-state index contributed by atoms with van der Waals surface area (Å²) in [5.74, 6) is 0.638. The number of carbonyl (C=O) groups excluding carboxylic acids is 1. The zero-order valence-corrected chi connectivity index (χ0v) is 6.19. The van der Waals surface area contributed by atoms with E-state index in [4.69, 9.17) is 11.6 Å². The van der Waals surface area contributed by atoms with Crippen LogP contribution in [-0.2, 0) is 4.79 Å². The van der Waals surface area contributed by atoms with Gasteiger partial charge in [0.1, 0.15) is 0 Å².